The number of carbonyl (C=O) groups is 1. The largest absolute Gasteiger partial charge is 0.480 e. The second-order valence-electron chi connectivity index (χ2n) is 4.83. The molecular formula is C13H16N4O2. The number of carboxylic acids is 1. The third-order valence-electron chi connectivity index (χ3n) is 3.50. The van der Waals surface area contributed by atoms with E-state index in [-0.39, 0.29) is 5.69 Å². The van der Waals surface area contributed by atoms with Crippen LogP contribution in [0.3, 0.4) is 0 Å². The molecule has 1 aromatic heterocycles. The summed E-state index contributed by atoms with van der Waals surface area (Å²) in [6.45, 7) is 0. The SMILES string of the molecule is N#Cc1cnc(NC2(C(=O)O)CCCCCC2)cn1. The van der Waals surface area contributed by atoms with Crippen molar-refractivity contribution in [2.24, 2.45) is 0 Å². The minimum atomic E-state index is -0.959. The van der Waals surface area contributed by atoms with Crippen LogP contribution >= 0.6 is 0 Å². The van der Waals surface area contributed by atoms with Crippen LogP contribution in [0.2, 0.25) is 0 Å². The highest BCUT2D eigenvalue weighted by Gasteiger charge is 2.38. The second kappa shape index (κ2) is 5.65. The molecule has 0 radical (unpaired) electrons. The normalized spacial score (nSPS) is 18.1. The lowest BCUT2D eigenvalue weighted by atomic mass is 9.90. The van der Waals surface area contributed by atoms with E-state index in [1.807, 2.05) is 6.07 Å². The summed E-state index contributed by atoms with van der Waals surface area (Å²) in [5, 5.41) is 21.2. The molecule has 100 valence electrons. The number of nitrogens with zero attached hydrogens (tertiary/aromatic N) is 3. The van der Waals surface area contributed by atoms with Crippen LogP contribution in [0.15, 0.2) is 12.4 Å². The van der Waals surface area contributed by atoms with Crippen LogP contribution < -0.4 is 5.32 Å². The highest BCUT2D eigenvalue weighted by Crippen LogP contribution is 2.30. The maximum absolute atomic E-state index is 11.6. The van der Waals surface area contributed by atoms with Gasteiger partial charge in [0.1, 0.15) is 17.4 Å². The van der Waals surface area contributed by atoms with Crippen LogP contribution in [-0.2, 0) is 4.79 Å². The third-order valence-corrected chi connectivity index (χ3v) is 3.50. The zero-order valence-electron chi connectivity index (χ0n) is 10.6. The minimum Gasteiger partial charge on any atom is -0.480 e. The third kappa shape index (κ3) is 2.99. The lowest BCUT2D eigenvalue weighted by Crippen LogP contribution is -2.46. The number of aliphatic carboxylic acids is 1. The minimum absolute atomic E-state index is 0.218. The van der Waals surface area contributed by atoms with Crippen molar-refractivity contribution in [3.63, 3.8) is 0 Å². The average molecular weight is 260 g/mol. The van der Waals surface area contributed by atoms with Gasteiger partial charge in [-0.3, -0.25) is 0 Å². The molecule has 0 atom stereocenters. The Balaban J connectivity index is 2.20. The van der Waals surface area contributed by atoms with E-state index >= 15 is 0 Å². The number of nitrogens with one attached hydrogen (secondary N) is 1. The number of rotatable bonds is 3. The van der Waals surface area contributed by atoms with Crippen LogP contribution in [0.4, 0.5) is 5.82 Å². The Bertz CT molecular complexity index is 484. The highest BCUT2D eigenvalue weighted by molar-refractivity contribution is 5.82. The summed E-state index contributed by atoms with van der Waals surface area (Å²) in [6.07, 6.45) is 7.84. The van der Waals surface area contributed by atoms with Gasteiger partial charge in [0.25, 0.3) is 0 Å². The molecule has 1 fully saturated rings. The van der Waals surface area contributed by atoms with E-state index in [2.05, 4.69) is 15.3 Å². The van der Waals surface area contributed by atoms with Crippen molar-refractivity contribution in [3.8, 4) is 6.07 Å². The van der Waals surface area contributed by atoms with Crippen LogP contribution in [0.25, 0.3) is 0 Å². The Morgan fingerprint density at radius 1 is 1.26 bits per heavy atom. The molecule has 0 spiro atoms. The standard InChI is InChI=1S/C13H16N4O2/c14-7-10-8-16-11(9-15-10)17-13(12(18)19)5-3-1-2-4-6-13/h8-9H,1-6H2,(H,16,17)(H,18,19). The average Bonchev–Trinajstić information content (AvgIpc) is 2.66. The number of anilines is 1. The van der Waals surface area contributed by atoms with Crippen molar-refractivity contribution < 1.29 is 9.90 Å². The van der Waals surface area contributed by atoms with Crippen LogP contribution in [0.5, 0.6) is 0 Å². The van der Waals surface area contributed by atoms with Crippen molar-refractivity contribution in [2.75, 3.05) is 5.32 Å². The molecule has 0 aromatic carbocycles. The molecule has 0 saturated heterocycles. The molecular weight excluding hydrogens is 244 g/mol. The molecule has 0 unspecified atom stereocenters. The molecule has 1 heterocycles. The summed E-state index contributed by atoms with van der Waals surface area (Å²) >= 11 is 0. The fourth-order valence-corrected chi connectivity index (χ4v) is 2.42. The fraction of sp³-hybridized carbons (Fsp3) is 0.538. The van der Waals surface area contributed by atoms with Gasteiger partial charge < -0.3 is 10.4 Å². The number of aromatic nitrogens is 2. The van der Waals surface area contributed by atoms with Crippen LogP contribution in [0.1, 0.15) is 44.2 Å². The Kier molecular flexibility index (Phi) is 3.95. The van der Waals surface area contributed by atoms with E-state index in [9.17, 15) is 9.90 Å². The van der Waals surface area contributed by atoms with Crippen molar-refractivity contribution in [2.45, 2.75) is 44.1 Å². The maximum atomic E-state index is 11.6. The van der Waals surface area contributed by atoms with Crippen LogP contribution in [-0.4, -0.2) is 26.6 Å². The van der Waals surface area contributed by atoms with Gasteiger partial charge in [0, 0.05) is 0 Å². The van der Waals surface area contributed by atoms with Gasteiger partial charge in [-0.1, -0.05) is 25.7 Å². The molecule has 0 amide bonds. The fourth-order valence-electron chi connectivity index (χ4n) is 2.42. The van der Waals surface area contributed by atoms with Gasteiger partial charge in [0.15, 0.2) is 5.69 Å². The summed E-state index contributed by atoms with van der Waals surface area (Å²) < 4.78 is 0. The topological polar surface area (TPSA) is 98.9 Å². The number of carboxylic acid groups (broad SMARTS) is 1. The first kappa shape index (κ1) is 13.3. The number of hydrogen-bond acceptors (Lipinski definition) is 5. The summed E-state index contributed by atoms with van der Waals surface area (Å²) in [4.78, 5) is 19.5. The van der Waals surface area contributed by atoms with Gasteiger partial charge in [-0.05, 0) is 12.8 Å². The van der Waals surface area contributed by atoms with E-state index in [4.69, 9.17) is 5.26 Å². The Labute approximate surface area is 111 Å². The molecule has 1 aliphatic carbocycles. The molecule has 0 aliphatic heterocycles. The Morgan fingerprint density at radius 2 is 1.95 bits per heavy atom. The zero-order chi connectivity index (χ0) is 13.7. The summed E-state index contributed by atoms with van der Waals surface area (Å²) in [5.41, 5.74) is -0.741. The first-order valence-electron chi connectivity index (χ1n) is 6.40. The highest BCUT2D eigenvalue weighted by atomic mass is 16.4. The van der Waals surface area contributed by atoms with Gasteiger partial charge >= 0.3 is 5.97 Å². The van der Waals surface area contributed by atoms with Crippen molar-refractivity contribution in [3.05, 3.63) is 18.1 Å². The van der Waals surface area contributed by atoms with Gasteiger partial charge in [0.05, 0.1) is 12.4 Å². The molecule has 1 aliphatic rings. The van der Waals surface area contributed by atoms with Gasteiger partial charge in [0.2, 0.25) is 0 Å². The summed E-state index contributed by atoms with van der Waals surface area (Å²) in [7, 11) is 0. The second-order valence-corrected chi connectivity index (χ2v) is 4.83. The monoisotopic (exact) mass is 260 g/mol. The molecule has 6 heteroatoms. The molecule has 19 heavy (non-hydrogen) atoms. The van der Waals surface area contributed by atoms with Crippen molar-refractivity contribution in [1.29, 1.82) is 5.26 Å². The van der Waals surface area contributed by atoms with Crippen LogP contribution in [0, 0.1) is 11.3 Å². The van der Waals surface area contributed by atoms with E-state index in [0.717, 1.165) is 25.7 Å². The quantitative estimate of drug-likeness (QED) is 0.806. The van der Waals surface area contributed by atoms with E-state index in [1.54, 1.807) is 0 Å². The number of nitriles is 1. The van der Waals surface area contributed by atoms with Gasteiger partial charge in [-0.2, -0.15) is 5.26 Å². The summed E-state index contributed by atoms with van der Waals surface area (Å²) in [5.74, 6) is -0.441. The molecule has 1 aromatic rings. The molecule has 6 nitrogen and oxygen atoms in total. The zero-order valence-corrected chi connectivity index (χ0v) is 10.6. The van der Waals surface area contributed by atoms with E-state index < -0.39 is 11.5 Å². The maximum Gasteiger partial charge on any atom is 0.329 e. The lowest BCUT2D eigenvalue weighted by Gasteiger charge is -2.29. The molecule has 0 bridgehead atoms. The lowest BCUT2D eigenvalue weighted by molar-refractivity contribution is -0.142. The molecule has 2 N–H and O–H groups in total. The first-order chi connectivity index (χ1) is 9.16. The van der Waals surface area contributed by atoms with Crippen molar-refractivity contribution >= 4 is 11.8 Å². The van der Waals surface area contributed by atoms with E-state index in [0.29, 0.717) is 18.7 Å². The first-order valence-corrected chi connectivity index (χ1v) is 6.40. The van der Waals surface area contributed by atoms with E-state index in [1.165, 1.54) is 12.4 Å². The Morgan fingerprint density at radius 3 is 2.42 bits per heavy atom. The summed E-state index contributed by atoms with van der Waals surface area (Å²) in [6, 6.07) is 1.88. The van der Waals surface area contributed by atoms with Gasteiger partial charge in [-0.15, -0.1) is 0 Å². The van der Waals surface area contributed by atoms with Gasteiger partial charge in [-0.25, -0.2) is 14.8 Å². The Hall–Kier alpha value is -2.16. The number of hydrogen-bond donors (Lipinski definition) is 2. The smallest absolute Gasteiger partial charge is 0.329 e. The predicted molar refractivity (Wildman–Crippen MR) is 68.4 cm³/mol. The molecule has 2 rings (SSSR count). The van der Waals surface area contributed by atoms with Crippen molar-refractivity contribution in [1.82, 2.24) is 9.97 Å². The predicted octanol–water partition coefficient (Wildman–Crippen LogP) is 1.94. The molecule has 1 saturated carbocycles.